The summed E-state index contributed by atoms with van der Waals surface area (Å²) in [6.07, 6.45) is 2.72. The van der Waals surface area contributed by atoms with Gasteiger partial charge in [-0.05, 0) is 31.2 Å². The van der Waals surface area contributed by atoms with Crippen molar-refractivity contribution in [1.29, 1.82) is 0 Å². The molecule has 1 aliphatic heterocycles. The van der Waals surface area contributed by atoms with E-state index in [1.54, 1.807) is 10.3 Å². The number of likely N-dealkylation sites (tertiary alicyclic amines) is 1. The zero-order valence-electron chi connectivity index (χ0n) is 14.8. The third kappa shape index (κ3) is 4.30. The van der Waals surface area contributed by atoms with Crippen LogP contribution >= 0.6 is 11.3 Å². The molecule has 10 heteroatoms. The van der Waals surface area contributed by atoms with Gasteiger partial charge in [0, 0.05) is 25.0 Å². The van der Waals surface area contributed by atoms with Gasteiger partial charge in [0.2, 0.25) is 15.9 Å². The van der Waals surface area contributed by atoms with Crippen molar-refractivity contribution < 1.29 is 17.6 Å². The van der Waals surface area contributed by atoms with E-state index in [4.69, 9.17) is 4.42 Å². The number of carbonyl (C=O) groups is 1. The summed E-state index contributed by atoms with van der Waals surface area (Å²) in [5.41, 5.74) is 0.493. The van der Waals surface area contributed by atoms with Crippen molar-refractivity contribution in [3.63, 3.8) is 0 Å². The monoisotopic (exact) mass is 398 g/mol. The lowest BCUT2D eigenvalue weighted by Gasteiger charge is -2.11. The Bertz CT molecular complexity index is 866. The topological polar surface area (TPSA) is 105 Å². The van der Waals surface area contributed by atoms with E-state index in [-0.39, 0.29) is 21.9 Å². The zero-order chi connectivity index (χ0) is 18.7. The van der Waals surface area contributed by atoms with Crippen LogP contribution < -0.4 is 4.72 Å². The van der Waals surface area contributed by atoms with E-state index in [2.05, 4.69) is 14.9 Å². The number of sulfonamides is 1. The Kier molecular flexibility index (Phi) is 5.73. The van der Waals surface area contributed by atoms with Gasteiger partial charge in [0.15, 0.2) is 0 Å². The normalized spacial score (nSPS) is 15.1. The zero-order valence-corrected chi connectivity index (χ0v) is 16.4. The van der Waals surface area contributed by atoms with E-state index in [0.29, 0.717) is 31.1 Å². The summed E-state index contributed by atoms with van der Waals surface area (Å²) in [4.78, 5) is 13.9. The fourth-order valence-corrected chi connectivity index (χ4v) is 4.85. The lowest BCUT2D eigenvalue weighted by Crippen LogP contribution is -2.27. The predicted molar refractivity (Wildman–Crippen MR) is 97.4 cm³/mol. The molecule has 0 atom stereocenters. The maximum atomic E-state index is 12.3. The molecule has 3 rings (SSSR count). The van der Waals surface area contributed by atoms with Gasteiger partial charge in [-0.25, -0.2) is 13.1 Å². The second-order valence-electron chi connectivity index (χ2n) is 6.65. The summed E-state index contributed by atoms with van der Waals surface area (Å²) in [6.45, 7) is 5.85. The minimum atomic E-state index is -3.56. The van der Waals surface area contributed by atoms with E-state index in [0.717, 1.165) is 30.6 Å². The van der Waals surface area contributed by atoms with Gasteiger partial charge in [0.05, 0.1) is 5.56 Å². The summed E-state index contributed by atoms with van der Waals surface area (Å²) in [7, 11) is -3.56. The SMILES string of the molecule is CC(C)CCNS(=O)(=O)c1cc(-c2nnc(C(=O)N3CCCC3)o2)cs1. The number of thiophene rings is 1. The molecule has 0 aromatic carbocycles. The number of amides is 1. The molecule has 0 unspecified atom stereocenters. The summed E-state index contributed by atoms with van der Waals surface area (Å²) in [5, 5.41) is 9.33. The largest absolute Gasteiger partial charge is 0.412 e. The molecule has 1 fully saturated rings. The van der Waals surface area contributed by atoms with E-state index >= 15 is 0 Å². The van der Waals surface area contributed by atoms with Gasteiger partial charge in [0.1, 0.15) is 4.21 Å². The van der Waals surface area contributed by atoms with Gasteiger partial charge < -0.3 is 9.32 Å². The highest BCUT2D eigenvalue weighted by Gasteiger charge is 2.25. The first-order valence-electron chi connectivity index (χ1n) is 8.58. The van der Waals surface area contributed by atoms with E-state index in [1.165, 1.54) is 6.07 Å². The quantitative estimate of drug-likeness (QED) is 0.767. The Morgan fingerprint density at radius 1 is 1.35 bits per heavy atom. The first-order chi connectivity index (χ1) is 12.4. The molecule has 8 nitrogen and oxygen atoms in total. The lowest BCUT2D eigenvalue weighted by atomic mass is 10.1. The molecule has 26 heavy (non-hydrogen) atoms. The molecule has 2 aromatic rings. The first-order valence-corrected chi connectivity index (χ1v) is 10.9. The maximum absolute atomic E-state index is 12.3. The molecule has 0 radical (unpaired) electrons. The summed E-state index contributed by atoms with van der Waals surface area (Å²) in [6, 6.07) is 1.49. The Labute approximate surface area is 156 Å². The van der Waals surface area contributed by atoms with Gasteiger partial charge >= 0.3 is 11.8 Å². The van der Waals surface area contributed by atoms with Gasteiger partial charge in [-0.1, -0.05) is 13.8 Å². The summed E-state index contributed by atoms with van der Waals surface area (Å²) >= 11 is 1.08. The van der Waals surface area contributed by atoms with Gasteiger partial charge in [0.25, 0.3) is 0 Å². The van der Waals surface area contributed by atoms with Crippen LogP contribution in [0.2, 0.25) is 0 Å². The summed E-state index contributed by atoms with van der Waals surface area (Å²) in [5.74, 6) is 0.223. The number of hydrogen-bond acceptors (Lipinski definition) is 7. The molecule has 1 aliphatic rings. The Balaban J connectivity index is 1.70. The molecular weight excluding hydrogens is 376 g/mol. The van der Waals surface area contributed by atoms with Crippen LogP contribution in [-0.4, -0.2) is 49.1 Å². The third-order valence-corrected chi connectivity index (χ3v) is 7.00. The fraction of sp³-hybridized carbons (Fsp3) is 0.562. The fourth-order valence-electron chi connectivity index (χ4n) is 2.60. The van der Waals surface area contributed by atoms with E-state index in [1.807, 2.05) is 13.8 Å². The maximum Gasteiger partial charge on any atom is 0.311 e. The molecule has 1 saturated heterocycles. The number of nitrogens with one attached hydrogen (secondary N) is 1. The first kappa shape index (κ1) is 19.0. The molecule has 0 aliphatic carbocycles. The standard InChI is InChI=1S/C16H22N4O4S2/c1-11(2)5-6-17-26(22,23)13-9-12(10-25-13)14-18-19-15(24-14)16(21)20-7-3-4-8-20/h9-11,17H,3-8H2,1-2H3. The van der Waals surface area contributed by atoms with Crippen molar-refractivity contribution >= 4 is 27.3 Å². The molecule has 142 valence electrons. The minimum Gasteiger partial charge on any atom is -0.412 e. The number of rotatable bonds is 7. The second kappa shape index (κ2) is 7.85. The highest BCUT2D eigenvalue weighted by atomic mass is 32.2. The molecule has 0 bridgehead atoms. The highest BCUT2D eigenvalue weighted by molar-refractivity contribution is 7.91. The number of carbonyl (C=O) groups excluding carboxylic acids is 1. The molecule has 0 saturated carbocycles. The Morgan fingerprint density at radius 2 is 2.08 bits per heavy atom. The number of aromatic nitrogens is 2. The van der Waals surface area contributed by atoms with Crippen LogP contribution in [0.5, 0.6) is 0 Å². The minimum absolute atomic E-state index is 0.0624. The average molecular weight is 399 g/mol. The Hall–Kier alpha value is -1.78. The molecule has 1 amide bonds. The molecule has 1 N–H and O–H groups in total. The van der Waals surface area contributed by atoms with Crippen molar-refractivity contribution in [1.82, 2.24) is 19.8 Å². The molecular formula is C16H22N4O4S2. The number of nitrogens with zero attached hydrogens (tertiary/aromatic N) is 3. The third-order valence-electron chi connectivity index (χ3n) is 4.10. The van der Waals surface area contributed by atoms with Crippen LogP contribution in [0.3, 0.4) is 0 Å². The smallest absolute Gasteiger partial charge is 0.311 e. The number of hydrogen-bond donors (Lipinski definition) is 1. The van der Waals surface area contributed by atoms with Crippen LogP contribution in [0.4, 0.5) is 0 Å². The average Bonchev–Trinajstić information content (AvgIpc) is 3.32. The van der Waals surface area contributed by atoms with Crippen LogP contribution in [0.1, 0.15) is 43.8 Å². The Morgan fingerprint density at radius 3 is 2.77 bits per heavy atom. The van der Waals surface area contributed by atoms with Crippen LogP contribution in [-0.2, 0) is 10.0 Å². The van der Waals surface area contributed by atoms with E-state index in [9.17, 15) is 13.2 Å². The molecule has 2 aromatic heterocycles. The highest BCUT2D eigenvalue weighted by Crippen LogP contribution is 2.28. The second-order valence-corrected chi connectivity index (χ2v) is 9.55. The van der Waals surface area contributed by atoms with Crippen molar-refractivity contribution in [2.75, 3.05) is 19.6 Å². The van der Waals surface area contributed by atoms with Gasteiger partial charge in [-0.15, -0.1) is 21.5 Å². The molecule has 0 spiro atoms. The summed E-state index contributed by atoms with van der Waals surface area (Å²) < 4.78 is 32.9. The molecule has 3 heterocycles. The van der Waals surface area contributed by atoms with Gasteiger partial charge in [-0.2, -0.15) is 0 Å². The van der Waals surface area contributed by atoms with E-state index < -0.39 is 10.0 Å². The van der Waals surface area contributed by atoms with Crippen LogP contribution in [0.25, 0.3) is 11.5 Å². The lowest BCUT2D eigenvalue weighted by molar-refractivity contribution is 0.0754. The predicted octanol–water partition coefficient (Wildman–Crippen LogP) is 2.36. The van der Waals surface area contributed by atoms with Crippen LogP contribution in [0.15, 0.2) is 20.1 Å². The van der Waals surface area contributed by atoms with Crippen molar-refractivity contribution in [2.24, 2.45) is 5.92 Å². The van der Waals surface area contributed by atoms with Crippen molar-refractivity contribution in [3.8, 4) is 11.5 Å². The van der Waals surface area contributed by atoms with Crippen molar-refractivity contribution in [3.05, 3.63) is 17.3 Å². The van der Waals surface area contributed by atoms with Gasteiger partial charge in [-0.3, -0.25) is 4.79 Å². The van der Waals surface area contributed by atoms with Crippen LogP contribution in [0, 0.1) is 5.92 Å². The van der Waals surface area contributed by atoms with Crippen molar-refractivity contribution in [2.45, 2.75) is 37.3 Å².